The number of fused-ring (bicyclic) bond motifs is 2. The molecule has 1 aliphatic rings. The molecule has 0 amide bonds. The molecule has 3 rings (SSSR count). The van der Waals surface area contributed by atoms with Gasteiger partial charge in [0.25, 0.3) is 0 Å². The number of hydrogen-bond donors (Lipinski definition) is 2. The maximum Gasteiger partial charge on any atom is 0.460 e. The van der Waals surface area contributed by atoms with Gasteiger partial charge in [-0.2, -0.15) is 47.9 Å². The summed E-state index contributed by atoms with van der Waals surface area (Å²) in [5.41, 5.74) is 2.84. The summed E-state index contributed by atoms with van der Waals surface area (Å²) < 4.78 is 140. The second-order valence-corrected chi connectivity index (χ2v) is 11.2. The lowest BCUT2D eigenvalue weighted by Crippen LogP contribution is -2.63. The van der Waals surface area contributed by atoms with Crippen molar-refractivity contribution in [3.8, 4) is 5.75 Å². The Hall–Kier alpha value is -1.87. The molecule has 0 radical (unpaired) electrons. The van der Waals surface area contributed by atoms with Crippen molar-refractivity contribution in [1.29, 1.82) is 0 Å². The van der Waals surface area contributed by atoms with E-state index in [1.807, 2.05) is 0 Å². The van der Waals surface area contributed by atoms with Crippen LogP contribution in [0.4, 0.5) is 39.5 Å². The van der Waals surface area contributed by atoms with Crippen molar-refractivity contribution in [2.75, 3.05) is 6.61 Å². The van der Waals surface area contributed by atoms with Crippen LogP contribution in [0, 0.1) is 0 Å². The molecule has 0 fully saturated rings. The van der Waals surface area contributed by atoms with Crippen LogP contribution >= 0.6 is 12.6 Å². The van der Waals surface area contributed by atoms with Crippen molar-refractivity contribution in [3.05, 3.63) is 35.4 Å². The number of benzene rings is 2. The molecule has 2 aromatic rings. The van der Waals surface area contributed by atoms with Gasteiger partial charge in [0.2, 0.25) is 0 Å². The highest BCUT2D eigenvalue weighted by Crippen LogP contribution is 2.54. The number of unbranched alkanes of at least 4 members (excludes halogenated alkanes) is 1. The number of rotatable bonds is 7. The summed E-state index contributed by atoms with van der Waals surface area (Å²) in [6.07, 6.45) is -2.38. The number of ether oxygens (including phenoxy) is 1. The van der Waals surface area contributed by atoms with E-state index in [-0.39, 0.29) is 0 Å². The maximum absolute atomic E-state index is 12.2. The van der Waals surface area contributed by atoms with Crippen LogP contribution in [0.3, 0.4) is 0 Å². The molecule has 4 nitrogen and oxygen atoms in total. The fraction of sp³-hybridized carbons (Fsp3) is 0.583. The van der Waals surface area contributed by atoms with Gasteiger partial charge in [-0.3, -0.25) is 4.55 Å². The van der Waals surface area contributed by atoms with Crippen molar-refractivity contribution < 1.29 is 57.2 Å². The Morgan fingerprint density at radius 1 is 0.897 bits per heavy atom. The number of thiol groups is 1. The van der Waals surface area contributed by atoms with E-state index in [4.69, 9.17) is 21.9 Å². The van der Waals surface area contributed by atoms with Crippen LogP contribution in [0.1, 0.15) is 69.4 Å². The van der Waals surface area contributed by atoms with E-state index in [0.717, 1.165) is 30.1 Å². The summed E-state index contributed by atoms with van der Waals surface area (Å²) in [7, 11) is -7.17. The van der Waals surface area contributed by atoms with Crippen molar-refractivity contribution >= 4 is 33.5 Å². The van der Waals surface area contributed by atoms with Crippen LogP contribution in [-0.2, 0) is 10.1 Å². The zero-order valence-corrected chi connectivity index (χ0v) is 22.6. The first kappa shape index (κ1) is 33.3. The van der Waals surface area contributed by atoms with Gasteiger partial charge in [0.15, 0.2) is 0 Å². The molecule has 0 spiro atoms. The van der Waals surface area contributed by atoms with Crippen molar-refractivity contribution in [1.82, 2.24) is 0 Å². The average molecular weight is 615 g/mol. The Balaban J connectivity index is 0.000000285. The number of alkyl halides is 9. The van der Waals surface area contributed by atoms with E-state index in [2.05, 4.69) is 45.0 Å². The van der Waals surface area contributed by atoms with Crippen LogP contribution < -0.4 is 4.74 Å². The quantitative estimate of drug-likeness (QED) is 0.142. The standard InChI is InChI=1S/C20H26OS.C4HF9O3S/c1-4-5-12-21-19-15-8-6-7-9-16(15)20(22)18-14(3)11-10-13(2)17(18)19;5-1(6,3(9,10)11)2(7,8)4(12,13)17(14,15)16/h6-9,13-14,22H,4-5,10-12H2,1-3H3;(H,14,15,16). The van der Waals surface area contributed by atoms with Gasteiger partial charge in [-0.15, -0.1) is 12.6 Å². The first-order valence-electron chi connectivity index (χ1n) is 11.7. The van der Waals surface area contributed by atoms with Gasteiger partial charge in [-0.1, -0.05) is 51.5 Å². The Labute approximate surface area is 225 Å². The molecule has 222 valence electrons. The minimum atomic E-state index is -7.37. The Morgan fingerprint density at radius 3 is 1.85 bits per heavy atom. The number of hydrogen-bond acceptors (Lipinski definition) is 4. The molecule has 1 N–H and O–H groups in total. The van der Waals surface area contributed by atoms with Crippen LogP contribution in [0.5, 0.6) is 5.75 Å². The molecule has 2 aromatic carbocycles. The normalized spacial score (nSPS) is 18.8. The first-order chi connectivity index (χ1) is 17.6. The van der Waals surface area contributed by atoms with E-state index >= 15 is 0 Å². The zero-order chi connectivity index (χ0) is 30.2. The third-order valence-electron chi connectivity index (χ3n) is 6.42. The first-order valence-corrected chi connectivity index (χ1v) is 13.6. The molecule has 2 atom stereocenters. The highest BCUT2D eigenvalue weighted by molar-refractivity contribution is 7.87. The lowest BCUT2D eigenvalue weighted by molar-refractivity contribution is -0.382. The zero-order valence-electron chi connectivity index (χ0n) is 20.9. The smallest absolute Gasteiger partial charge is 0.460 e. The lowest BCUT2D eigenvalue weighted by Gasteiger charge is -2.32. The van der Waals surface area contributed by atoms with Crippen LogP contribution in [0.2, 0.25) is 0 Å². The maximum atomic E-state index is 12.2. The van der Waals surface area contributed by atoms with Crippen molar-refractivity contribution in [2.45, 2.75) is 86.5 Å². The van der Waals surface area contributed by atoms with E-state index in [0.29, 0.717) is 11.8 Å². The predicted octanol–water partition coefficient (Wildman–Crippen LogP) is 8.61. The summed E-state index contributed by atoms with van der Waals surface area (Å²) in [6.45, 7) is 7.67. The largest absolute Gasteiger partial charge is 0.493 e. The number of halogens is 9. The second kappa shape index (κ2) is 11.6. The van der Waals surface area contributed by atoms with E-state index < -0.39 is 33.4 Å². The van der Waals surface area contributed by atoms with E-state index in [1.165, 1.54) is 34.7 Å². The molecule has 0 aromatic heterocycles. The van der Waals surface area contributed by atoms with Crippen LogP contribution in [-0.4, -0.2) is 42.9 Å². The fourth-order valence-corrected chi connectivity index (χ4v) is 5.19. The molecular formula is C24H27F9O4S2. The van der Waals surface area contributed by atoms with Crippen molar-refractivity contribution in [2.24, 2.45) is 0 Å². The van der Waals surface area contributed by atoms with Crippen molar-refractivity contribution in [3.63, 3.8) is 0 Å². The molecule has 0 heterocycles. The summed E-state index contributed by atoms with van der Waals surface area (Å²) >= 11 is 4.90. The fourth-order valence-electron chi connectivity index (χ4n) is 4.20. The highest BCUT2D eigenvalue weighted by atomic mass is 32.2. The molecule has 0 saturated carbocycles. The second-order valence-electron chi connectivity index (χ2n) is 9.27. The minimum absolute atomic E-state index is 0.554. The van der Waals surface area contributed by atoms with E-state index in [9.17, 15) is 47.9 Å². The molecule has 0 saturated heterocycles. The molecule has 0 bridgehead atoms. The van der Waals surface area contributed by atoms with Gasteiger partial charge < -0.3 is 4.74 Å². The average Bonchev–Trinajstić information content (AvgIpc) is 2.82. The SMILES string of the molecule is CCCCOc1c2c(c(S)c3ccccc13)C(C)CCC2C.O=S(=O)(O)C(F)(F)C(F)(F)C(F)(F)C(F)(F)F. The van der Waals surface area contributed by atoms with Gasteiger partial charge in [0.1, 0.15) is 5.75 Å². The summed E-state index contributed by atoms with van der Waals surface area (Å²) in [5, 5.41) is -4.54. The predicted molar refractivity (Wildman–Crippen MR) is 130 cm³/mol. The minimum Gasteiger partial charge on any atom is -0.493 e. The van der Waals surface area contributed by atoms with Crippen LogP contribution in [0.15, 0.2) is 29.2 Å². The topological polar surface area (TPSA) is 63.6 Å². The molecule has 1 aliphatic carbocycles. The summed E-state index contributed by atoms with van der Waals surface area (Å²) in [5.74, 6) is -12.5. The monoisotopic (exact) mass is 614 g/mol. The molecule has 0 aliphatic heterocycles. The molecule has 2 unspecified atom stereocenters. The van der Waals surface area contributed by atoms with Gasteiger partial charge >= 0.3 is 33.4 Å². The third kappa shape index (κ3) is 6.09. The highest BCUT2D eigenvalue weighted by Gasteiger charge is 2.85. The molecule has 15 heteroatoms. The van der Waals surface area contributed by atoms with Gasteiger partial charge in [0, 0.05) is 15.8 Å². The Bertz CT molecular complexity index is 1280. The van der Waals surface area contributed by atoms with E-state index in [1.54, 1.807) is 0 Å². The van der Waals surface area contributed by atoms with Crippen LogP contribution in [0.25, 0.3) is 10.8 Å². The lowest BCUT2D eigenvalue weighted by atomic mass is 9.76. The van der Waals surface area contributed by atoms with Gasteiger partial charge in [-0.25, -0.2) is 0 Å². The Kier molecular flexibility index (Phi) is 9.87. The molecule has 39 heavy (non-hydrogen) atoms. The molecular weight excluding hydrogens is 587 g/mol. The summed E-state index contributed by atoms with van der Waals surface area (Å²) in [6, 6.07) is 8.56. The summed E-state index contributed by atoms with van der Waals surface area (Å²) in [4.78, 5) is 1.16. The van der Waals surface area contributed by atoms with Gasteiger partial charge in [-0.05, 0) is 42.0 Å². The Morgan fingerprint density at radius 2 is 1.38 bits per heavy atom. The third-order valence-corrected chi connectivity index (χ3v) is 7.81. The van der Waals surface area contributed by atoms with Gasteiger partial charge in [0.05, 0.1) is 6.61 Å².